The van der Waals surface area contributed by atoms with Gasteiger partial charge in [0.25, 0.3) is 0 Å². The maximum atomic E-state index is 12.0. The molecule has 1 N–H and O–H groups in total. The molecule has 0 aromatic carbocycles. The first kappa shape index (κ1) is 9.91. The average Bonchev–Trinajstić information content (AvgIpc) is 2.59. The van der Waals surface area contributed by atoms with Gasteiger partial charge in [0.15, 0.2) is 5.78 Å². The second-order valence-electron chi connectivity index (χ2n) is 4.34. The molecule has 2 aliphatic rings. The monoisotopic (exact) mass is 193 g/mol. The Morgan fingerprint density at radius 1 is 1.29 bits per heavy atom. The van der Waals surface area contributed by atoms with Crippen molar-refractivity contribution in [2.75, 3.05) is 6.54 Å². The summed E-state index contributed by atoms with van der Waals surface area (Å²) in [6.45, 7) is 1.02. The van der Waals surface area contributed by atoms with Gasteiger partial charge in [-0.25, -0.2) is 0 Å². The normalized spacial score (nSPS) is 28.3. The van der Waals surface area contributed by atoms with Crippen molar-refractivity contribution in [3.8, 4) is 0 Å². The molecule has 0 spiro atoms. The highest BCUT2D eigenvalue weighted by Crippen LogP contribution is 2.21. The molecule has 2 nitrogen and oxygen atoms in total. The highest BCUT2D eigenvalue weighted by molar-refractivity contribution is 5.99. The first-order valence-electron chi connectivity index (χ1n) is 5.84. The maximum Gasteiger partial charge on any atom is 0.175 e. The van der Waals surface area contributed by atoms with Crippen molar-refractivity contribution < 1.29 is 4.79 Å². The van der Waals surface area contributed by atoms with E-state index in [-0.39, 0.29) is 6.04 Å². The van der Waals surface area contributed by atoms with Crippen LogP contribution in [-0.2, 0) is 4.79 Å². The molecule has 0 amide bonds. The van der Waals surface area contributed by atoms with Crippen LogP contribution in [0.1, 0.15) is 44.9 Å². The van der Waals surface area contributed by atoms with Crippen molar-refractivity contribution in [2.24, 2.45) is 0 Å². The number of Topliss-reactive ketones (excluding diaryl/α,β-unsaturated/α-hetero) is 1. The van der Waals surface area contributed by atoms with Crippen LogP contribution >= 0.6 is 0 Å². The van der Waals surface area contributed by atoms with Crippen molar-refractivity contribution in [1.82, 2.24) is 5.32 Å². The standard InChI is InChI=1S/C12H19NO/c14-12(11-8-5-9-13-11)10-6-3-1-2-4-7-10/h6,11,13H,1-5,7-9H2. The Kier molecular flexibility index (Phi) is 3.35. The van der Waals surface area contributed by atoms with Crippen LogP contribution in [0.25, 0.3) is 0 Å². The van der Waals surface area contributed by atoms with E-state index in [1.54, 1.807) is 0 Å². The van der Waals surface area contributed by atoms with Crippen LogP contribution in [0.4, 0.5) is 0 Å². The number of nitrogens with one attached hydrogen (secondary N) is 1. The van der Waals surface area contributed by atoms with E-state index in [4.69, 9.17) is 0 Å². The van der Waals surface area contributed by atoms with Gasteiger partial charge in [0.05, 0.1) is 6.04 Å². The first-order valence-corrected chi connectivity index (χ1v) is 5.84. The van der Waals surface area contributed by atoms with Gasteiger partial charge >= 0.3 is 0 Å². The lowest BCUT2D eigenvalue weighted by Crippen LogP contribution is -2.31. The molecule has 1 unspecified atom stereocenters. The molecule has 1 heterocycles. The minimum absolute atomic E-state index is 0.138. The molecule has 2 heteroatoms. The Hall–Kier alpha value is -0.630. The predicted octanol–water partition coefficient (Wildman–Crippen LogP) is 2.20. The smallest absolute Gasteiger partial charge is 0.175 e. The molecule has 1 aliphatic carbocycles. The minimum atomic E-state index is 0.138. The summed E-state index contributed by atoms with van der Waals surface area (Å²) in [5.74, 6) is 0.379. The molecular formula is C12H19NO. The lowest BCUT2D eigenvalue weighted by atomic mass is 9.99. The van der Waals surface area contributed by atoms with E-state index in [0.717, 1.165) is 37.8 Å². The summed E-state index contributed by atoms with van der Waals surface area (Å²) >= 11 is 0. The van der Waals surface area contributed by atoms with E-state index < -0.39 is 0 Å². The summed E-state index contributed by atoms with van der Waals surface area (Å²) in [5.41, 5.74) is 1.10. The van der Waals surface area contributed by atoms with Crippen molar-refractivity contribution in [3.63, 3.8) is 0 Å². The Morgan fingerprint density at radius 3 is 3.00 bits per heavy atom. The van der Waals surface area contributed by atoms with E-state index in [1.807, 2.05) is 0 Å². The fourth-order valence-corrected chi connectivity index (χ4v) is 2.37. The van der Waals surface area contributed by atoms with E-state index >= 15 is 0 Å². The van der Waals surface area contributed by atoms with Gasteiger partial charge < -0.3 is 5.32 Å². The van der Waals surface area contributed by atoms with E-state index in [0.29, 0.717) is 5.78 Å². The third-order valence-corrected chi connectivity index (χ3v) is 3.23. The average molecular weight is 193 g/mol. The maximum absolute atomic E-state index is 12.0. The summed E-state index contributed by atoms with van der Waals surface area (Å²) in [5, 5.41) is 3.28. The molecular weight excluding hydrogens is 174 g/mol. The summed E-state index contributed by atoms with van der Waals surface area (Å²) in [4.78, 5) is 12.0. The lowest BCUT2D eigenvalue weighted by molar-refractivity contribution is -0.117. The molecule has 1 atom stereocenters. The fraction of sp³-hybridized carbons (Fsp3) is 0.750. The van der Waals surface area contributed by atoms with Gasteiger partial charge in [-0.2, -0.15) is 0 Å². The van der Waals surface area contributed by atoms with E-state index in [9.17, 15) is 4.79 Å². The van der Waals surface area contributed by atoms with Gasteiger partial charge in [-0.05, 0) is 50.6 Å². The highest BCUT2D eigenvalue weighted by Gasteiger charge is 2.24. The molecule has 2 rings (SSSR count). The number of rotatable bonds is 2. The second-order valence-corrected chi connectivity index (χ2v) is 4.34. The van der Waals surface area contributed by atoms with Crippen LogP contribution in [0.2, 0.25) is 0 Å². The van der Waals surface area contributed by atoms with E-state index in [1.165, 1.54) is 19.3 Å². The van der Waals surface area contributed by atoms with Crippen LogP contribution in [0, 0.1) is 0 Å². The largest absolute Gasteiger partial charge is 0.307 e. The molecule has 0 radical (unpaired) electrons. The van der Waals surface area contributed by atoms with Gasteiger partial charge in [0.1, 0.15) is 0 Å². The Morgan fingerprint density at radius 2 is 2.21 bits per heavy atom. The second kappa shape index (κ2) is 4.74. The summed E-state index contributed by atoms with van der Waals surface area (Å²) in [6.07, 6.45) is 10.2. The van der Waals surface area contributed by atoms with Crippen LogP contribution in [-0.4, -0.2) is 18.4 Å². The SMILES string of the molecule is O=C(C1=CCCCCC1)C1CCCN1. The number of ketones is 1. The van der Waals surface area contributed by atoms with Gasteiger partial charge in [-0.1, -0.05) is 12.5 Å². The van der Waals surface area contributed by atoms with Crippen LogP contribution < -0.4 is 5.32 Å². The molecule has 1 aliphatic heterocycles. The van der Waals surface area contributed by atoms with Crippen LogP contribution in [0.5, 0.6) is 0 Å². The molecule has 0 saturated carbocycles. The molecule has 78 valence electrons. The minimum Gasteiger partial charge on any atom is -0.307 e. The molecule has 0 aromatic rings. The number of allylic oxidation sites excluding steroid dienone is 1. The zero-order chi connectivity index (χ0) is 9.80. The summed E-state index contributed by atoms with van der Waals surface area (Å²) < 4.78 is 0. The van der Waals surface area contributed by atoms with Gasteiger partial charge in [-0.3, -0.25) is 4.79 Å². The molecule has 1 saturated heterocycles. The molecule has 14 heavy (non-hydrogen) atoms. The Bertz CT molecular complexity index is 239. The van der Waals surface area contributed by atoms with E-state index in [2.05, 4.69) is 11.4 Å². The molecule has 0 bridgehead atoms. The van der Waals surface area contributed by atoms with Crippen molar-refractivity contribution in [1.29, 1.82) is 0 Å². The van der Waals surface area contributed by atoms with Crippen LogP contribution in [0.15, 0.2) is 11.6 Å². The molecule has 0 aromatic heterocycles. The zero-order valence-corrected chi connectivity index (χ0v) is 8.72. The van der Waals surface area contributed by atoms with Crippen molar-refractivity contribution >= 4 is 5.78 Å². The van der Waals surface area contributed by atoms with Gasteiger partial charge in [0.2, 0.25) is 0 Å². The Labute approximate surface area is 85.8 Å². The topological polar surface area (TPSA) is 29.1 Å². The summed E-state index contributed by atoms with van der Waals surface area (Å²) in [7, 11) is 0. The van der Waals surface area contributed by atoms with Crippen molar-refractivity contribution in [2.45, 2.75) is 51.0 Å². The fourth-order valence-electron chi connectivity index (χ4n) is 2.37. The quantitative estimate of drug-likeness (QED) is 0.728. The lowest BCUT2D eigenvalue weighted by Gasteiger charge is -2.11. The number of hydrogen-bond donors (Lipinski definition) is 1. The third kappa shape index (κ3) is 2.24. The highest BCUT2D eigenvalue weighted by atomic mass is 16.1. The third-order valence-electron chi connectivity index (χ3n) is 3.23. The summed E-state index contributed by atoms with van der Waals surface area (Å²) in [6, 6.07) is 0.138. The predicted molar refractivity (Wildman–Crippen MR) is 57.2 cm³/mol. The molecule has 1 fully saturated rings. The number of hydrogen-bond acceptors (Lipinski definition) is 2. The number of carbonyl (C=O) groups excluding carboxylic acids is 1. The van der Waals surface area contributed by atoms with Crippen molar-refractivity contribution in [3.05, 3.63) is 11.6 Å². The van der Waals surface area contributed by atoms with Gasteiger partial charge in [0, 0.05) is 0 Å². The van der Waals surface area contributed by atoms with Gasteiger partial charge in [-0.15, -0.1) is 0 Å². The number of carbonyl (C=O) groups is 1. The first-order chi connectivity index (χ1) is 6.88. The van der Waals surface area contributed by atoms with Crippen LogP contribution in [0.3, 0.4) is 0 Å². The zero-order valence-electron chi connectivity index (χ0n) is 8.72. The Balaban J connectivity index is 1.97.